The van der Waals surface area contributed by atoms with Crippen LogP contribution in [0.1, 0.15) is 46.5 Å². The molecule has 0 N–H and O–H groups in total. The molecule has 1 heteroatoms. The minimum atomic E-state index is 0.876. The predicted molar refractivity (Wildman–Crippen MR) is 56.3 cm³/mol. The van der Waals surface area contributed by atoms with Crippen LogP contribution in [-0.2, 0) is 0 Å². The Morgan fingerprint density at radius 1 is 1.00 bits per heavy atom. The minimum absolute atomic E-state index is 0.876. The molecule has 2 atom stereocenters. The second-order valence-electron chi connectivity index (χ2n) is 3.71. The summed E-state index contributed by atoms with van der Waals surface area (Å²) in [6, 6.07) is 0. The third-order valence-electron chi connectivity index (χ3n) is 2.47. The van der Waals surface area contributed by atoms with Crippen LogP contribution < -0.4 is 0 Å². The van der Waals surface area contributed by atoms with Gasteiger partial charge in [-0.25, -0.2) is 0 Å². The lowest BCUT2D eigenvalue weighted by Gasteiger charge is -2.12. The lowest BCUT2D eigenvalue weighted by molar-refractivity contribution is 0.417. The van der Waals surface area contributed by atoms with Crippen LogP contribution in [-0.4, -0.2) is 5.75 Å². The summed E-state index contributed by atoms with van der Waals surface area (Å²) in [5.41, 5.74) is 0. The van der Waals surface area contributed by atoms with Crippen LogP contribution >= 0.6 is 12.6 Å². The van der Waals surface area contributed by atoms with Gasteiger partial charge < -0.3 is 0 Å². The maximum absolute atomic E-state index is 4.23. The van der Waals surface area contributed by atoms with Gasteiger partial charge in [-0.1, -0.05) is 40.0 Å². The largest absolute Gasteiger partial charge is 0.179 e. The van der Waals surface area contributed by atoms with Crippen LogP contribution in [0.3, 0.4) is 0 Å². The van der Waals surface area contributed by atoms with E-state index in [2.05, 4.69) is 33.4 Å². The molecule has 0 heterocycles. The number of rotatable bonds is 6. The average molecular weight is 174 g/mol. The molecular weight excluding hydrogens is 152 g/mol. The van der Waals surface area contributed by atoms with E-state index in [-0.39, 0.29) is 0 Å². The number of hydrogen-bond donors (Lipinski definition) is 1. The molecule has 0 aliphatic rings. The molecule has 0 saturated heterocycles. The van der Waals surface area contributed by atoms with Crippen molar-refractivity contribution in [1.29, 1.82) is 0 Å². The standard InChI is InChI=1S/C10H22S/c1-4-9(2)5-6-10(3)7-8-11/h9-11H,4-8H2,1-3H3. The Balaban J connectivity index is 3.22. The lowest BCUT2D eigenvalue weighted by Crippen LogP contribution is -2.00. The number of hydrogen-bond acceptors (Lipinski definition) is 1. The van der Waals surface area contributed by atoms with Gasteiger partial charge in [0.25, 0.3) is 0 Å². The van der Waals surface area contributed by atoms with E-state index in [0.717, 1.165) is 17.6 Å². The molecule has 0 nitrogen and oxygen atoms in total. The first-order valence-corrected chi connectivity index (χ1v) is 5.44. The maximum Gasteiger partial charge on any atom is -0.00954 e. The summed E-state index contributed by atoms with van der Waals surface area (Å²) in [5.74, 6) is 2.83. The van der Waals surface area contributed by atoms with Gasteiger partial charge in [0.2, 0.25) is 0 Å². The van der Waals surface area contributed by atoms with E-state index in [1.165, 1.54) is 25.7 Å². The van der Waals surface area contributed by atoms with Crippen LogP contribution in [0, 0.1) is 11.8 Å². The van der Waals surface area contributed by atoms with Crippen molar-refractivity contribution >= 4 is 12.6 Å². The fourth-order valence-corrected chi connectivity index (χ4v) is 1.58. The van der Waals surface area contributed by atoms with Crippen LogP contribution in [0.4, 0.5) is 0 Å². The Bertz CT molecular complexity index is 80.9. The van der Waals surface area contributed by atoms with E-state index in [0.29, 0.717) is 0 Å². The van der Waals surface area contributed by atoms with Gasteiger partial charge in [0.05, 0.1) is 0 Å². The molecule has 0 aliphatic heterocycles. The Morgan fingerprint density at radius 2 is 1.55 bits per heavy atom. The van der Waals surface area contributed by atoms with Gasteiger partial charge in [-0.15, -0.1) is 0 Å². The van der Waals surface area contributed by atoms with Crippen molar-refractivity contribution in [2.45, 2.75) is 46.5 Å². The van der Waals surface area contributed by atoms with Gasteiger partial charge in [-0.3, -0.25) is 0 Å². The molecule has 2 unspecified atom stereocenters. The number of thiol groups is 1. The molecule has 0 aliphatic carbocycles. The van der Waals surface area contributed by atoms with Crippen LogP contribution in [0.2, 0.25) is 0 Å². The molecule has 0 aromatic heterocycles. The SMILES string of the molecule is CCC(C)CCC(C)CCS. The fraction of sp³-hybridized carbons (Fsp3) is 1.00. The molecule has 0 aromatic carbocycles. The van der Waals surface area contributed by atoms with Crippen molar-refractivity contribution in [3.05, 3.63) is 0 Å². The molecule has 0 aromatic rings. The summed E-state index contributed by atoms with van der Waals surface area (Å²) in [7, 11) is 0. The zero-order valence-corrected chi connectivity index (χ0v) is 9.03. The molecule has 0 rings (SSSR count). The van der Waals surface area contributed by atoms with Crippen molar-refractivity contribution in [1.82, 2.24) is 0 Å². The van der Waals surface area contributed by atoms with Crippen LogP contribution in [0.25, 0.3) is 0 Å². The molecule has 0 amide bonds. The topological polar surface area (TPSA) is 0 Å². The summed E-state index contributed by atoms with van der Waals surface area (Å²) in [6.07, 6.45) is 5.38. The van der Waals surface area contributed by atoms with E-state index < -0.39 is 0 Å². The maximum atomic E-state index is 4.23. The van der Waals surface area contributed by atoms with Gasteiger partial charge >= 0.3 is 0 Å². The molecule has 0 radical (unpaired) electrons. The molecular formula is C10H22S. The summed E-state index contributed by atoms with van der Waals surface area (Å²) in [4.78, 5) is 0. The average Bonchev–Trinajstić information content (AvgIpc) is 2.01. The van der Waals surface area contributed by atoms with Crippen LogP contribution in [0.15, 0.2) is 0 Å². The van der Waals surface area contributed by atoms with Crippen molar-refractivity contribution in [2.24, 2.45) is 11.8 Å². The Hall–Kier alpha value is 0.350. The highest BCUT2D eigenvalue weighted by Crippen LogP contribution is 2.17. The first-order chi connectivity index (χ1) is 5.20. The Labute approximate surface area is 77.2 Å². The van der Waals surface area contributed by atoms with E-state index in [1.807, 2.05) is 0 Å². The second-order valence-corrected chi connectivity index (χ2v) is 4.16. The Morgan fingerprint density at radius 3 is 2.00 bits per heavy atom. The molecule has 0 spiro atoms. The van der Waals surface area contributed by atoms with Gasteiger partial charge in [0, 0.05) is 0 Å². The van der Waals surface area contributed by atoms with Gasteiger partial charge in [0.15, 0.2) is 0 Å². The monoisotopic (exact) mass is 174 g/mol. The highest BCUT2D eigenvalue weighted by atomic mass is 32.1. The van der Waals surface area contributed by atoms with Crippen molar-refractivity contribution < 1.29 is 0 Å². The summed E-state index contributed by atoms with van der Waals surface area (Å²) in [6.45, 7) is 6.94. The first kappa shape index (κ1) is 11.4. The normalized spacial score (nSPS) is 16.4. The quantitative estimate of drug-likeness (QED) is 0.582. The van der Waals surface area contributed by atoms with E-state index in [4.69, 9.17) is 0 Å². The zero-order valence-electron chi connectivity index (χ0n) is 8.14. The third kappa shape index (κ3) is 6.74. The third-order valence-corrected chi connectivity index (χ3v) is 2.73. The highest BCUT2D eigenvalue weighted by Gasteiger charge is 2.03. The minimum Gasteiger partial charge on any atom is -0.179 e. The molecule has 0 saturated carbocycles. The fourth-order valence-electron chi connectivity index (χ4n) is 1.14. The predicted octanol–water partition coefficient (Wildman–Crippen LogP) is 3.77. The van der Waals surface area contributed by atoms with E-state index in [9.17, 15) is 0 Å². The highest BCUT2D eigenvalue weighted by molar-refractivity contribution is 7.80. The summed E-state index contributed by atoms with van der Waals surface area (Å²) in [5, 5.41) is 0. The zero-order chi connectivity index (χ0) is 8.69. The molecule has 0 bridgehead atoms. The van der Waals surface area contributed by atoms with E-state index in [1.54, 1.807) is 0 Å². The van der Waals surface area contributed by atoms with Gasteiger partial charge in [-0.05, 0) is 24.0 Å². The molecule has 11 heavy (non-hydrogen) atoms. The Kier molecular flexibility index (Phi) is 7.25. The second kappa shape index (κ2) is 7.02. The first-order valence-electron chi connectivity index (χ1n) is 4.81. The molecule has 0 fully saturated rings. The van der Waals surface area contributed by atoms with Crippen molar-refractivity contribution in [3.63, 3.8) is 0 Å². The van der Waals surface area contributed by atoms with Crippen molar-refractivity contribution in [3.8, 4) is 0 Å². The lowest BCUT2D eigenvalue weighted by atomic mass is 9.95. The van der Waals surface area contributed by atoms with Crippen LogP contribution in [0.5, 0.6) is 0 Å². The molecule has 68 valence electrons. The smallest absolute Gasteiger partial charge is 0.00954 e. The van der Waals surface area contributed by atoms with E-state index >= 15 is 0 Å². The summed E-state index contributed by atoms with van der Waals surface area (Å²) >= 11 is 4.23. The van der Waals surface area contributed by atoms with Gasteiger partial charge in [-0.2, -0.15) is 12.6 Å². The van der Waals surface area contributed by atoms with Crippen molar-refractivity contribution in [2.75, 3.05) is 5.75 Å². The summed E-state index contributed by atoms with van der Waals surface area (Å²) < 4.78 is 0. The van der Waals surface area contributed by atoms with Gasteiger partial charge in [0.1, 0.15) is 0 Å².